The fraction of sp³-hybridized carbons (Fsp3) is 0.375. The van der Waals surface area contributed by atoms with Crippen LogP contribution in [0.4, 0.5) is 5.69 Å². The number of carbonyl (C=O) groups excluding carboxylic acids is 1. The lowest BCUT2D eigenvalue weighted by Crippen LogP contribution is -2.40. The number of benzene rings is 1. The minimum Gasteiger partial charge on any atom is -0.399 e. The van der Waals surface area contributed by atoms with Crippen LogP contribution in [0, 0.1) is 5.41 Å². The largest absolute Gasteiger partial charge is 0.399 e. The second kappa shape index (κ2) is 5.24. The molecule has 5 heteroatoms. The predicted octanol–water partition coefficient (Wildman–Crippen LogP) is 2.37. The number of nitrogen functional groups attached to an aromatic ring is 1. The molecule has 0 spiro atoms. The molecule has 2 aromatic rings. The highest BCUT2D eigenvalue weighted by Crippen LogP contribution is 2.39. The summed E-state index contributed by atoms with van der Waals surface area (Å²) in [6, 6.07) is 9.13. The van der Waals surface area contributed by atoms with Gasteiger partial charge < -0.3 is 11.1 Å². The van der Waals surface area contributed by atoms with Crippen LogP contribution >= 0.6 is 0 Å². The van der Waals surface area contributed by atoms with Gasteiger partial charge in [0.15, 0.2) is 5.69 Å². The number of anilines is 1. The van der Waals surface area contributed by atoms with E-state index in [1.54, 1.807) is 16.9 Å². The molecule has 21 heavy (non-hydrogen) atoms. The van der Waals surface area contributed by atoms with Crippen LogP contribution in [0.1, 0.15) is 36.7 Å². The van der Waals surface area contributed by atoms with Gasteiger partial charge >= 0.3 is 0 Å². The van der Waals surface area contributed by atoms with Crippen molar-refractivity contribution in [2.45, 2.75) is 26.2 Å². The Balaban J connectivity index is 1.68. The molecule has 1 amide bonds. The van der Waals surface area contributed by atoms with Crippen molar-refractivity contribution in [3.05, 3.63) is 42.2 Å². The zero-order valence-electron chi connectivity index (χ0n) is 12.2. The maximum absolute atomic E-state index is 12.1. The van der Waals surface area contributed by atoms with Gasteiger partial charge in [-0.05, 0) is 42.5 Å². The molecule has 110 valence electrons. The molecule has 0 aliphatic heterocycles. The van der Waals surface area contributed by atoms with Crippen molar-refractivity contribution in [1.82, 2.24) is 15.1 Å². The zero-order valence-corrected chi connectivity index (χ0v) is 12.2. The van der Waals surface area contributed by atoms with Crippen LogP contribution in [0.2, 0.25) is 0 Å². The Labute approximate surface area is 124 Å². The fourth-order valence-electron chi connectivity index (χ4n) is 2.60. The highest BCUT2D eigenvalue weighted by molar-refractivity contribution is 5.92. The quantitative estimate of drug-likeness (QED) is 0.847. The van der Waals surface area contributed by atoms with Gasteiger partial charge in [0, 0.05) is 18.4 Å². The van der Waals surface area contributed by atoms with E-state index in [2.05, 4.69) is 17.3 Å². The maximum atomic E-state index is 12.1. The lowest BCUT2D eigenvalue weighted by Gasteiger charge is -2.38. The Morgan fingerprint density at radius 3 is 2.90 bits per heavy atom. The van der Waals surface area contributed by atoms with Gasteiger partial charge in [-0.15, -0.1) is 0 Å². The third-order valence-electron chi connectivity index (χ3n) is 4.19. The third-order valence-corrected chi connectivity index (χ3v) is 4.19. The molecule has 0 unspecified atom stereocenters. The molecule has 3 rings (SSSR count). The maximum Gasteiger partial charge on any atom is 0.271 e. The molecule has 1 saturated carbocycles. The van der Waals surface area contributed by atoms with Gasteiger partial charge in [0.1, 0.15) is 0 Å². The van der Waals surface area contributed by atoms with Gasteiger partial charge in [0.05, 0.1) is 5.69 Å². The van der Waals surface area contributed by atoms with E-state index in [0.29, 0.717) is 11.4 Å². The Kier molecular flexibility index (Phi) is 3.41. The molecule has 0 atom stereocenters. The number of carbonyl (C=O) groups is 1. The molecular formula is C16H20N4O. The minimum absolute atomic E-state index is 0.120. The number of nitrogens with two attached hydrogens (primary N) is 1. The van der Waals surface area contributed by atoms with Crippen LogP contribution in [0.3, 0.4) is 0 Å². The van der Waals surface area contributed by atoms with Crippen LogP contribution in [0.25, 0.3) is 5.69 Å². The third kappa shape index (κ3) is 2.91. The van der Waals surface area contributed by atoms with Gasteiger partial charge in [-0.1, -0.05) is 19.4 Å². The summed E-state index contributed by atoms with van der Waals surface area (Å²) in [6.07, 6.45) is 5.40. The van der Waals surface area contributed by atoms with Gasteiger partial charge in [0.25, 0.3) is 5.91 Å². The highest BCUT2D eigenvalue weighted by atomic mass is 16.1. The van der Waals surface area contributed by atoms with Crippen LogP contribution in [0.5, 0.6) is 0 Å². The summed E-state index contributed by atoms with van der Waals surface area (Å²) in [6.45, 7) is 2.93. The average Bonchev–Trinajstić information content (AvgIpc) is 2.92. The van der Waals surface area contributed by atoms with Crippen molar-refractivity contribution in [3.63, 3.8) is 0 Å². The van der Waals surface area contributed by atoms with E-state index in [0.717, 1.165) is 12.2 Å². The first-order valence-electron chi connectivity index (χ1n) is 7.26. The lowest BCUT2D eigenvalue weighted by molar-refractivity contribution is 0.0885. The van der Waals surface area contributed by atoms with Gasteiger partial charge in [-0.3, -0.25) is 4.79 Å². The van der Waals surface area contributed by atoms with Crippen molar-refractivity contribution < 1.29 is 4.79 Å². The molecule has 0 bridgehead atoms. The van der Waals surface area contributed by atoms with E-state index in [4.69, 9.17) is 5.73 Å². The van der Waals surface area contributed by atoms with E-state index in [1.807, 2.05) is 24.3 Å². The summed E-state index contributed by atoms with van der Waals surface area (Å²) in [7, 11) is 0. The lowest BCUT2D eigenvalue weighted by atomic mass is 9.70. The number of nitrogens with zero attached hydrogens (tertiary/aromatic N) is 2. The number of rotatable bonds is 4. The number of amides is 1. The van der Waals surface area contributed by atoms with Crippen LogP contribution < -0.4 is 11.1 Å². The first-order chi connectivity index (χ1) is 10.1. The first-order valence-corrected chi connectivity index (χ1v) is 7.26. The number of aromatic nitrogens is 2. The first kappa shape index (κ1) is 13.7. The smallest absolute Gasteiger partial charge is 0.271 e. The predicted molar refractivity (Wildman–Crippen MR) is 82.3 cm³/mol. The normalized spacial score (nSPS) is 16.2. The standard InChI is InChI=1S/C16H20N4O/c1-16(7-3-8-16)11-18-15(21)14-6-9-20(19-14)13-5-2-4-12(17)10-13/h2,4-6,9-10H,3,7-8,11,17H2,1H3,(H,18,21). The Hall–Kier alpha value is -2.30. The SMILES string of the molecule is CC1(CNC(=O)c2ccn(-c3cccc(N)c3)n2)CCC1. The number of hydrogen-bond donors (Lipinski definition) is 2. The van der Waals surface area contributed by atoms with Crippen molar-refractivity contribution >= 4 is 11.6 Å². The van der Waals surface area contributed by atoms with Crippen molar-refractivity contribution in [1.29, 1.82) is 0 Å². The van der Waals surface area contributed by atoms with Crippen LogP contribution in [-0.4, -0.2) is 22.2 Å². The monoisotopic (exact) mass is 284 g/mol. The van der Waals surface area contributed by atoms with Crippen molar-refractivity contribution in [2.75, 3.05) is 12.3 Å². The van der Waals surface area contributed by atoms with E-state index >= 15 is 0 Å². The molecule has 1 fully saturated rings. The van der Waals surface area contributed by atoms with E-state index in [9.17, 15) is 4.79 Å². The summed E-state index contributed by atoms with van der Waals surface area (Å²) in [4.78, 5) is 12.1. The van der Waals surface area contributed by atoms with Crippen molar-refractivity contribution in [3.8, 4) is 5.69 Å². The van der Waals surface area contributed by atoms with Gasteiger partial charge in [0.2, 0.25) is 0 Å². The number of hydrogen-bond acceptors (Lipinski definition) is 3. The molecule has 0 saturated heterocycles. The molecule has 3 N–H and O–H groups in total. The summed E-state index contributed by atoms with van der Waals surface area (Å²) in [5.41, 5.74) is 7.98. The van der Waals surface area contributed by atoms with E-state index in [-0.39, 0.29) is 11.3 Å². The summed E-state index contributed by atoms with van der Waals surface area (Å²) in [5, 5.41) is 7.29. The second-order valence-corrected chi connectivity index (χ2v) is 6.09. The average molecular weight is 284 g/mol. The molecule has 5 nitrogen and oxygen atoms in total. The highest BCUT2D eigenvalue weighted by Gasteiger charge is 2.32. The summed E-state index contributed by atoms with van der Waals surface area (Å²) in [5.74, 6) is -0.120. The van der Waals surface area contributed by atoms with E-state index in [1.165, 1.54) is 19.3 Å². The Bertz CT molecular complexity index is 658. The fourth-order valence-corrected chi connectivity index (χ4v) is 2.60. The molecular weight excluding hydrogens is 264 g/mol. The number of nitrogens with one attached hydrogen (secondary N) is 1. The molecule has 1 heterocycles. The Morgan fingerprint density at radius 1 is 1.43 bits per heavy atom. The summed E-state index contributed by atoms with van der Waals surface area (Å²) >= 11 is 0. The topological polar surface area (TPSA) is 72.9 Å². The van der Waals surface area contributed by atoms with Crippen molar-refractivity contribution in [2.24, 2.45) is 5.41 Å². The second-order valence-electron chi connectivity index (χ2n) is 6.09. The zero-order chi connectivity index (χ0) is 14.9. The minimum atomic E-state index is -0.120. The van der Waals surface area contributed by atoms with E-state index < -0.39 is 0 Å². The molecule has 1 aliphatic carbocycles. The molecule has 1 aromatic carbocycles. The molecule has 1 aliphatic rings. The molecule has 0 radical (unpaired) electrons. The summed E-state index contributed by atoms with van der Waals surface area (Å²) < 4.78 is 1.66. The molecule has 1 aromatic heterocycles. The van der Waals surface area contributed by atoms with Gasteiger partial charge in [-0.25, -0.2) is 4.68 Å². The van der Waals surface area contributed by atoms with Gasteiger partial charge in [-0.2, -0.15) is 5.10 Å². The van der Waals surface area contributed by atoms with Crippen LogP contribution in [-0.2, 0) is 0 Å². The van der Waals surface area contributed by atoms with Crippen LogP contribution in [0.15, 0.2) is 36.5 Å². The Morgan fingerprint density at radius 2 is 2.24 bits per heavy atom.